The van der Waals surface area contributed by atoms with Gasteiger partial charge in [0.1, 0.15) is 6.04 Å². The van der Waals surface area contributed by atoms with Gasteiger partial charge in [0.05, 0.1) is 13.2 Å². The van der Waals surface area contributed by atoms with Gasteiger partial charge in [-0.25, -0.2) is 4.79 Å². The van der Waals surface area contributed by atoms with E-state index < -0.39 is 5.97 Å². The molecule has 1 rings (SSSR count). The minimum absolute atomic E-state index is 0.0658. The molecule has 1 atom stereocenters. The maximum atomic E-state index is 11.9. The Morgan fingerprint density at radius 1 is 1.47 bits per heavy atom. The molecule has 108 valence electrons. The van der Waals surface area contributed by atoms with Gasteiger partial charge >= 0.3 is 5.97 Å². The van der Waals surface area contributed by atoms with E-state index in [4.69, 9.17) is 9.84 Å². The van der Waals surface area contributed by atoms with Gasteiger partial charge in [0.25, 0.3) is 0 Å². The number of rotatable bonds is 6. The smallest absolute Gasteiger partial charge is 0.331 e. The second kappa shape index (κ2) is 7.91. The standard InChI is InChI=1S/C13H22N2O4/c1-3-10(13(17)18)5-6-15-7-8-19-9-11(15)12(16)14-4-2/h5,11H,3-4,6-9H2,1-2H3,(H,14,16)(H,17,18)/b10-5-. The molecule has 2 N–H and O–H groups in total. The van der Waals surface area contributed by atoms with Crippen LogP contribution in [0, 0.1) is 0 Å². The molecule has 0 bridgehead atoms. The number of morpholine rings is 1. The molecule has 1 fully saturated rings. The fraction of sp³-hybridized carbons (Fsp3) is 0.692. The number of likely N-dealkylation sites (N-methyl/N-ethyl adjacent to an activating group) is 1. The minimum atomic E-state index is -0.898. The molecular formula is C13H22N2O4. The molecular weight excluding hydrogens is 248 g/mol. The second-order valence-electron chi connectivity index (χ2n) is 4.37. The average Bonchev–Trinajstić information content (AvgIpc) is 2.39. The van der Waals surface area contributed by atoms with Crippen LogP contribution in [0.15, 0.2) is 11.6 Å². The zero-order chi connectivity index (χ0) is 14.3. The monoisotopic (exact) mass is 270 g/mol. The van der Waals surface area contributed by atoms with E-state index in [-0.39, 0.29) is 11.9 Å². The van der Waals surface area contributed by atoms with Gasteiger partial charge < -0.3 is 15.2 Å². The van der Waals surface area contributed by atoms with Crippen LogP contribution in [0.5, 0.6) is 0 Å². The maximum absolute atomic E-state index is 11.9. The van der Waals surface area contributed by atoms with E-state index in [1.54, 1.807) is 13.0 Å². The Morgan fingerprint density at radius 2 is 2.21 bits per heavy atom. The van der Waals surface area contributed by atoms with Crippen molar-refractivity contribution in [2.24, 2.45) is 0 Å². The van der Waals surface area contributed by atoms with Gasteiger partial charge in [-0.3, -0.25) is 9.69 Å². The summed E-state index contributed by atoms with van der Waals surface area (Å²) in [6.45, 7) is 6.27. The fourth-order valence-corrected chi connectivity index (χ4v) is 2.00. The van der Waals surface area contributed by atoms with Crippen LogP contribution in [0.1, 0.15) is 20.3 Å². The van der Waals surface area contributed by atoms with Crippen molar-refractivity contribution in [3.05, 3.63) is 11.6 Å². The molecule has 0 aliphatic carbocycles. The van der Waals surface area contributed by atoms with Crippen molar-refractivity contribution in [2.45, 2.75) is 26.3 Å². The molecule has 0 aromatic carbocycles. The Hall–Kier alpha value is -1.40. The molecule has 1 unspecified atom stereocenters. The predicted molar refractivity (Wildman–Crippen MR) is 70.9 cm³/mol. The molecule has 0 radical (unpaired) electrons. The third-order valence-electron chi connectivity index (χ3n) is 3.12. The van der Waals surface area contributed by atoms with E-state index in [9.17, 15) is 9.59 Å². The number of hydrogen-bond donors (Lipinski definition) is 2. The van der Waals surface area contributed by atoms with E-state index in [2.05, 4.69) is 5.32 Å². The molecule has 6 heteroatoms. The van der Waals surface area contributed by atoms with Crippen LogP contribution in [0.2, 0.25) is 0 Å². The zero-order valence-electron chi connectivity index (χ0n) is 11.5. The van der Waals surface area contributed by atoms with Crippen LogP contribution < -0.4 is 5.32 Å². The number of hydrogen-bond acceptors (Lipinski definition) is 4. The number of carbonyl (C=O) groups is 2. The number of amides is 1. The summed E-state index contributed by atoms with van der Waals surface area (Å²) in [5, 5.41) is 11.7. The topological polar surface area (TPSA) is 78.9 Å². The first-order valence-electron chi connectivity index (χ1n) is 6.62. The van der Waals surface area contributed by atoms with Crippen LogP contribution in [-0.4, -0.2) is 60.8 Å². The molecule has 1 saturated heterocycles. The number of carboxylic acids is 1. The summed E-state index contributed by atoms with van der Waals surface area (Å²) in [5.74, 6) is -0.964. The molecule has 0 aromatic heterocycles. The van der Waals surface area contributed by atoms with E-state index >= 15 is 0 Å². The van der Waals surface area contributed by atoms with Crippen LogP contribution in [0.3, 0.4) is 0 Å². The first-order chi connectivity index (χ1) is 9.10. The van der Waals surface area contributed by atoms with Crippen molar-refractivity contribution in [3.63, 3.8) is 0 Å². The van der Waals surface area contributed by atoms with Crippen LogP contribution in [0.4, 0.5) is 0 Å². The van der Waals surface area contributed by atoms with E-state index in [0.717, 1.165) is 0 Å². The summed E-state index contributed by atoms with van der Waals surface area (Å²) in [4.78, 5) is 24.8. The minimum Gasteiger partial charge on any atom is -0.478 e. The fourth-order valence-electron chi connectivity index (χ4n) is 2.00. The number of aliphatic carboxylic acids is 1. The Labute approximate surface area is 113 Å². The molecule has 0 saturated carbocycles. The Balaban J connectivity index is 2.67. The van der Waals surface area contributed by atoms with Crippen molar-refractivity contribution in [1.29, 1.82) is 0 Å². The van der Waals surface area contributed by atoms with Gasteiger partial charge in [-0.15, -0.1) is 0 Å². The molecule has 6 nitrogen and oxygen atoms in total. The third kappa shape index (κ3) is 4.65. The molecule has 0 aromatic rings. The van der Waals surface area contributed by atoms with Crippen LogP contribution >= 0.6 is 0 Å². The highest BCUT2D eigenvalue weighted by molar-refractivity contribution is 5.86. The van der Waals surface area contributed by atoms with Gasteiger partial charge in [-0.1, -0.05) is 13.0 Å². The van der Waals surface area contributed by atoms with Crippen molar-refractivity contribution < 1.29 is 19.4 Å². The van der Waals surface area contributed by atoms with Crippen molar-refractivity contribution in [2.75, 3.05) is 32.8 Å². The molecule has 19 heavy (non-hydrogen) atoms. The lowest BCUT2D eigenvalue weighted by Gasteiger charge is -2.33. The van der Waals surface area contributed by atoms with Crippen LogP contribution in [0.25, 0.3) is 0 Å². The van der Waals surface area contributed by atoms with Crippen molar-refractivity contribution >= 4 is 11.9 Å². The first kappa shape index (κ1) is 15.7. The Kier molecular flexibility index (Phi) is 6.52. The molecule has 0 spiro atoms. The third-order valence-corrected chi connectivity index (χ3v) is 3.12. The number of ether oxygens (including phenoxy) is 1. The highest BCUT2D eigenvalue weighted by Gasteiger charge is 2.28. The number of carboxylic acid groups (broad SMARTS) is 1. The number of carbonyl (C=O) groups excluding carboxylic acids is 1. The highest BCUT2D eigenvalue weighted by atomic mass is 16.5. The quantitative estimate of drug-likeness (QED) is 0.676. The first-order valence-corrected chi connectivity index (χ1v) is 6.62. The lowest BCUT2D eigenvalue weighted by atomic mass is 10.1. The van der Waals surface area contributed by atoms with E-state index in [0.29, 0.717) is 44.8 Å². The van der Waals surface area contributed by atoms with Gasteiger partial charge in [-0.2, -0.15) is 0 Å². The summed E-state index contributed by atoms with van der Waals surface area (Å²) < 4.78 is 5.32. The molecule has 1 amide bonds. The van der Waals surface area contributed by atoms with Crippen molar-refractivity contribution in [3.8, 4) is 0 Å². The van der Waals surface area contributed by atoms with Gasteiger partial charge in [0.2, 0.25) is 5.91 Å². The number of nitrogens with zero attached hydrogens (tertiary/aromatic N) is 1. The normalized spacial score (nSPS) is 21.2. The van der Waals surface area contributed by atoms with Crippen molar-refractivity contribution in [1.82, 2.24) is 10.2 Å². The van der Waals surface area contributed by atoms with Gasteiger partial charge in [-0.05, 0) is 13.3 Å². The summed E-state index contributed by atoms with van der Waals surface area (Å²) in [6.07, 6.45) is 2.16. The zero-order valence-corrected chi connectivity index (χ0v) is 11.5. The Bertz CT molecular complexity index is 355. The largest absolute Gasteiger partial charge is 0.478 e. The summed E-state index contributed by atoms with van der Waals surface area (Å²) in [5.41, 5.74) is 0.376. The SMILES string of the molecule is CCNC(=O)C1COCCN1C/C=C(/CC)C(=O)O. The molecule has 1 aliphatic heterocycles. The average molecular weight is 270 g/mol. The Morgan fingerprint density at radius 3 is 2.79 bits per heavy atom. The maximum Gasteiger partial charge on any atom is 0.331 e. The highest BCUT2D eigenvalue weighted by Crippen LogP contribution is 2.09. The van der Waals surface area contributed by atoms with Gasteiger partial charge in [0.15, 0.2) is 0 Å². The summed E-state index contributed by atoms with van der Waals surface area (Å²) in [6, 6.07) is -0.336. The molecule has 1 aliphatic rings. The van der Waals surface area contributed by atoms with E-state index in [1.807, 2.05) is 11.8 Å². The predicted octanol–water partition coefficient (Wildman–Crippen LogP) is 0.244. The van der Waals surface area contributed by atoms with E-state index in [1.165, 1.54) is 0 Å². The lowest BCUT2D eigenvalue weighted by molar-refractivity contribution is -0.132. The van der Waals surface area contributed by atoms with Gasteiger partial charge in [0, 0.05) is 25.2 Å². The summed E-state index contributed by atoms with van der Waals surface area (Å²) in [7, 11) is 0. The number of nitrogens with one attached hydrogen (secondary N) is 1. The lowest BCUT2D eigenvalue weighted by Crippen LogP contribution is -2.53. The van der Waals surface area contributed by atoms with Crippen LogP contribution in [-0.2, 0) is 14.3 Å². The summed E-state index contributed by atoms with van der Waals surface area (Å²) >= 11 is 0. The second-order valence-corrected chi connectivity index (χ2v) is 4.37. The molecule has 1 heterocycles.